The molecule has 0 spiro atoms. The van der Waals surface area contributed by atoms with E-state index < -0.39 is 0 Å². The van der Waals surface area contributed by atoms with Crippen molar-refractivity contribution in [3.8, 4) is 0 Å². The lowest BCUT2D eigenvalue weighted by Gasteiger charge is -2.07. The molecule has 1 unspecified atom stereocenters. The maximum Gasteiger partial charge on any atom is 0.134 e. The molecule has 1 aliphatic heterocycles. The van der Waals surface area contributed by atoms with Crippen LogP contribution in [0.1, 0.15) is 48.8 Å². The molecule has 74 valence electrons. The number of nitrogen functional groups attached to an aromatic ring is 1. The fourth-order valence-corrected chi connectivity index (χ4v) is 1.95. The number of fused-ring (bicyclic) bond motifs is 1. The largest absolute Gasteiger partial charge is 0.383 e. The Morgan fingerprint density at radius 2 is 2.14 bits per heavy atom. The van der Waals surface area contributed by atoms with Gasteiger partial charge in [0.2, 0.25) is 0 Å². The third-order valence-electron chi connectivity index (χ3n) is 3.03. The fourth-order valence-electron chi connectivity index (χ4n) is 1.95. The number of hydrogen-bond donors (Lipinski definition) is 2. The molecule has 1 atom stereocenters. The van der Waals surface area contributed by atoms with Crippen molar-refractivity contribution >= 4 is 5.82 Å². The van der Waals surface area contributed by atoms with Crippen molar-refractivity contribution in [1.29, 1.82) is 0 Å². The Morgan fingerprint density at radius 1 is 1.36 bits per heavy atom. The van der Waals surface area contributed by atoms with Crippen LogP contribution in [0.25, 0.3) is 0 Å². The zero-order chi connectivity index (χ0) is 9.71. The van der Waals surface area contributed by atoms with Crippen molar-refractivity contribution in [2.24, 2.45) is 0 Å². The smallest absolute Gasteiger partial charge is 0.134 e. The van der Waals surface area contributed by atoms with E-state index in [2.05, 4.69) is 22.2 Å². The van der Waals surface area contributed by atoms with Crippen molar-refractivity contribution in [3.63, 3.8) is 0 Å². The van der Waals surface area contributed by atoms with Gasteiger partial charge in [0.1, 0.15) is 11.6 Å². The Kier molecular flexibility index (Phi) is 1.56. The zero-order valence-corrected chi connectivity index (χ0v) is 8.25. The highest BCUT2D eigenvalue weighted by Gasteiger charge is 2.30. The molecule has 2 aliphatic rings. The number of nitrogens with two attached hydrogens (primary N) is 1. The minimum absolute atomic E-state index is 0.327. The quantitative estimate of drug-likeness (QED) is 0.696. The van der Waals surface area contributed by atoms with Crippen LogP contribution in [-0.2, 0) is 6.54 Å². The molecule has 2 heterocycles. The zero-order valence-electron chi connectivity index (χ0n) is 8.25. The number of rotatable bonds is 1. The summed E-state index contributed by atoms with van der Waals surface area (Å²) in [4.78, 5) is 8.97. The molecule has 1 aromatic rings. The van der Waals surface area contributed by atoms with E-state index in [1.54, 1.807) is 0 Å². The van der Waals surface area contributed by atoms with E-state index in [-0.39, 0.29) is 0 Å². The van der Waals surface area contributed by atoms with Crippen LogP contribution in [0.5, 0.6) is 0 Å². The molecule has 4 nitrogen and oxygen atoms in total. The summed E-state index contributed by atoms with van der Waals surface area (Å²) in [6.45, 7) is 2.93. The van der Waals surface area contributed by atoms with Gasteiger partial charge >= 0.3 is 0 Å². The lowest BCUT2D eigenvalue weighted by molar-refractivity contribution is 0.621. The summed E-state index contributed by atoms with van der Waals surface area (Å²) in [5.74, 6) is 2.21. The average molecular weight is 190 g/mol. The third-order valence-corrected chi connectivity index (χ3v) is 3.03. The van der Waals surface area contributed by atoms with Gasteiger partial charge in [-0.05, 0) is 19.8 Å². The Morgan fingerprint density at radius 3 is 2.86 bits per heavy atom. The number of anilines is 1. The van der Waals surface area contributed by atoms with Crippen LogP contribution in [-0.4, -0.2) is 9.97 Å². The Hall–Kier alpha value is -1.16. The van der Waals surface area contributed by atoms with Crippen LogP contribution < -0.4 is 11.1 Å². The van der Waals surface area contributed by atoms with E-state index in [0.29, 0.717) is 17.8 Å². The first kappa shape index (κ1) is 8.17. The molecule has 4 heteroatoms. The van der Waals surface area contributed by atoms with Crippen LogP contribution in [0, 0.1) is 0 Å². The van der Waals surface area contributed by atoms with Crippen molar-refractivity contribution in [2.75, 3.05) is 5.73 Å². The molecule has 1 fully saturated rings. The number of aromatic nitrogens is 2. The van der Waals surface area contributed by atoms with Crippen LogP contribution in [0.2, 0.25) is 0 Å². The molecule has 3 N–H and O–H groups in total. The average Bonchev–Trinajstić information content (AvgIpc) is 2.93. The molecule has 1 aliphatic carbocycles. The number of nitrogens with one attached hydrogen (secondary N) is 1. The van der Waals surface area contributed by atoms with E-state index in [1.807, 2.05) is 0 Å². The van der Waals surface area contributed by atoms with Crippen LogP contribution in [0.4, 0.5) is 5.82 Å². The molecule has 1 saturated carbocycles. The summed E-state index contributed by atoms with van der Waals surface area (Å²) in [6, 6.07) is 0.327. The molecule has 0 saturated heterocycles. The van der Waals surface area contributed by atoms with Gasteiger partial charge in [-0.25, -0.2) is 9.97 Å². The molecular formula is C10H14N4. The molecule has 0 radical (unpaired) electrons. The predicted molar refractivity (Wildman–Crippen MR) is 53.7 cm³/mol. The van der Waals surface area contributed by atoms with Crippen molar-refractivity contribution in [2.45, 2.75) is 38.3 Å². The lowest BCUT2D eigenvalue weighted by Crippen LogP contribution is -2.08. The monoisotopic (exact) mass is 190 g/mol. The van der Waals surface area contributed by atoms with Crippen LogP contribution in [0.15, 0.2) is 0 Å². The summed E-state index contributed by atoms with van der Waals surface area (Å²) in [5, 5.41) is 3.33. The molecule has 0 aromatic carbocycles. The number of nitrogens with zero attached hydrogens (tertiary/aromatic N) is 2. The minimum Gasteiger partial charge on any atom is -0.383 e. The van der Waals surface area contributed by atoms with Gasteiger partial charge in [-0.1, -0.05) is 0 Å². The van der Waals surface area contributed by atoms with Gasteiger partial charge in [0.25, 0.3) is 0 Å². The summed E-state index contributed by atoms with van der Waals surface area (Å²) in [6.07, 6.45) is 2.44. The molecule has 0 bridgehead atoms. The van der Waals surface area contributed by atoms with Gasteiger partial charge < -0.3 is 11.1 Å². The van der Waals surface area contributed by atoms with Gasteiger partial charge in [0.05, 0.1) is 5.69 Å². The summed E-state index contributed by atoms with van der Waals surface area (Å²) in [7, 11) is 0. The van der Waals surface area contributed by atoms with Gasteiger partial charge in [-0.15, -0.1) is 0 Å². The second-order valence-corrected chi connectivity index (χ2v) is 4.21. The van der Waals surface area contributed by atoms with E-state index >= 15 is 0 Å². The maximum absolute atomic E-state index is 5.91. The summed E-state index contributed by atoms with van der Waals surface area (Å²) >= 11 is 0. The van der Waals surface area contributed by atoms with Gasteiger partial charge in [-0.3, -0.25) is 0 Å². The highest BCUT2D eigenvalue weighted by Crippen LogP contribution is 2.39. The van der Waals surface area contributed by atoms with E-state index in [1.165, 1.54) is 12.8 Å². The highest BCUT2D eigenvalue weighted by molar-refractivity contribution is 5.46. The Bertz CT molecular complexity index is 384. The number of hydrogen-bond acceptors (Lipinski definition) is 4. The Balaban J connectivity index is 2.11. The van der Waals surface area contributed by atoms with E-state index in [0.717, 1.165) is 23.6 Å². The van der Waals surface area contributed by atoms with Crippen molar-refractivity contribution < 1.29 is 0 Å². The first-order chi connectivity index (χ1) is 6.75. The van der Waals surface area contributed by atoms with Crippen LogP contribution in [0.3, 0.4) is 0 Å². The summed E-state index contributed by atoms with van der Waals surface area (Å²) < 4.78 is 0. The summed E-state index contributed by atoms with van der Waals surface area (Å²) in [5.41, 5.74) is 8.12. The van der Waals surface area contributed by atoms with Gasteiger partial charge in [-0.2, -0.15) is 0 Å². The molecule has 3 rings (SSSR count). The standard InChI is InChI=1S/C10H14N4/c1-5-8-7(4-12-5)9(11)14-10(13-8)6-2-3-6/h5-6,12H,2-4H2,1H3,(H2,11,13,14). The van der Waals surface area contributed by atoms with Gasteiger partial charge in [0.15, 0.2) is 0 Å². The molecular weight excluding hydrogens is 176 g/mol. The van der Waals surface area contributed by atoms with E-state index in [4.69, 9.17) is 5.73 Å². The molecule has 0 amide bonds. The first-order valence-corrected chi connectivity index (χ1v) is 5.15. The lowest BCUT2D eigenvalue weighted by atomic mass is 10.2. The fraction of sp³-hybridized carbons (Fsp3) is 0.600. The minimum atomic E-state index is 0.327. The van der Waals surface area contributed by atoms with E-state index in [9.17, 15) is 0 Å². The van der Waals surface area contributed by atoms with Gasteiger partial charge in [0, 0.05) is 24.1 Å². The van der Waals surface area contributed by atoms with Crippen molar-refractivity contribution in [1.82, 2.24) is 15.3 Å². The Labute approximate surface area is 82.9 Å². The first-order valence-electron chi connectivity index (χ1n) is 5.15. The second-order valence-electron chi connectivity index (χ2n) is 4.21. The molecule has 14 heavy (non-hydrogen) atoms. The maximum atomic E-state index is 5.91. The normalized spacial score (nSPS) is 25.1. The van der Waals surface area contributed by atoms with Crippen LogP contribution >= 0.6 is 0 Å². The second kappa shape index (κ2) is 2.67. The predicted octanol–water partition coefficient (Wildman–Crippen LogP) is 1.10. The van der Waals surface area contributed by atoms with Crippen molar-refractivity contribution in [3.05, 3.63) is 17.1 Å². The highest BCUT2D eigenvalue weighted by atomic mass is 15.0. The topological polar surface area (TPSA) is 63.8 Å². The third kappa shape index (κ3) is 1.10. The SMILES string of the molecule is CC1NCc2c(N)nc(C3CC3)nc21. The molecule has 1 aromatic heterocycles.